The van der Waals surface area contributed by atoms with E-state index in [-0.39, 0.29) is 11.8 Å². The average molecular weight is 350 g/mol. The number of benzene rings is 1. The van der Waals surface area contributed by atoms with E-state index in [4.69, 9.17) is 9.47 Å². The van der Waals surface area contributed by atoms with Gasteiger partial charge >= 0.3 is 5.97 Å². The smallest absolute Gasteiger partial charge is 0.310 e. The summed E-state index contributed by atoms with van der Waals surface area (Å²) in [7, 11) is 0. The Kier molecular flexibility index (Phi) is 2.95. The summed E-state index contributed by atoms with van der Waals surface area (Å²) in [5.41, 5.74) is 1.32. The number of allylic oxidation sites excluding steroid dienone is 3. The minimum absolute atomic E-state index is 0.195. The number of fused-ring (bicyclic) bond motifs is 1. The summed E-state index contributed by atoms with van der Waals surface area (Å²) in [6.07, 6.45) is 11.0. The van der Waals surface area contributed by atoms with Gasteiger partial charge in [-0.05, 0) is 72.0 Å². The SMILES string of the molecule is O=C(O)[C@@H]1C=C[C@@H]2C[C@H]3[C@@H](Cc4ccc5c(c4)OCO5)[C@H]4C=C[C@@H]1[C@@H]2[C@H]43. The van der Waals surface area contributed by atoms with Crippen LogP contribution in [0.3, 0.4) is 0 Å². The molecule has 4 nitrogen and oxygen atoms in total. The van der Waals surface area contributed by atoms with Crippen molar-refractivity contribution in [1.82, 2.24) is 0 Å². The molecule has 8 atom stereocenters. The van der Waals surface area contributed by atoms with E-state index in [2.05, 4.69) is 30.4 Å². The predicted octanol–water partition coefficient (Wildman–Crippen LogP) is 3.53. The van der Waals surface area contributed by atoms with Gasteiger partial charge in [0.1, 0.15) is 0 Å². The number of carbonyl (C=O) groups is 1. The molecule has 5 aliphatic rings. The topological polar surface area (TPSA) is 55.8 Å². The van der Waals surface area contributed by atoms with Crippen LogP contribution in [-0.4, -0.2) is 17.9 Å². The zero-order chi connectivity index (χ0) is 17.4. The molecule has 0 unspecified atom stereocenters. The van der Waals surface area contributed by atoms with Gasteiger partial charge < -0.3 is 14.6 Å². The van der Waals surface area contributed by atoms with Gasteiger partial charge in [-0.15, -0.1) is 0 Å². The van der Waals surface area contributed by atoms with Crippen LogP contribution in [0.1, 0.15) is 12.0 Å². The Balaban J connectivity index is 1.28. The van der Waals surface area contributed by atoms with Crippen molar-refractivity contribution in [3.63, 3.8) is 0 Å². The van der Waals surface area contributed by atoms with Crippen molar-refractivity contribution in [2.75, 3.05) is 6.79 Å². The summed E-state index contributed by atoms with van der Waals surface area (Å²) in [5.74, 6) is 4.69. The van der Waals surface area contributed by atoms with Gasteiger partial charge in [0.25, 0.3) is 0 Å². The number of hydrogen-bond donors (Lipinski definition) is 1. The van der Waals surface area contributed by atoms with Crippen LogP contribution in [0.15, 0.2) is 42.5 Å². The summed E-state index contributed by atoms with van der Waals surface area (Å²) >= 11 is 0. The van der Waals surface area contributed by atoms with Crippen LogP contribution in [0.25, 0.3) is 0 Å². The first kappa shape index (κ1) is 14.9. The standard InChI is InChI=1S/C22H22O4/c23-22(24)15-3-2-12-9-17-16(14-5-4-13(15)20(12)21(14)17)7-11-1-6-18-19(8-11)26-10-25-18/h1-6,8,12-17,20-21H,7,9-10H2,(H,23,24)/t12-,13+,14-,15-,16+,17+,20-,21-/m1/s1. The van der Waals surface area contributed by atoms with Gasteiger partial charge in [0, 0.05) is 0 Å². The van der Waals surface area contributed by atoms with Crippen LogP contribution < -0.4 is 9.47 Å². The Morgan fingerprint density at radius 2 is 1.88 bits per heavy atom. The molecule has 134 valence electrons. The molecular formula is C22H22O4. The zero-order valence-corrected chi connectivity index (χ0v) is 14.5. The van der Waals surface area contributed by atoms with Gasteiger partial charge in [-0.25, -0.2) is 0 Å². The predicted molar refractivity (Wildman–Crippen MR) is 94.7 cm³/mol. The van der Waals surface area contributed by atoms with E-state index in [9.17, 15) is 9.90 Å². The molecule has 2 saturated carbocycles. The molecule has 0 saturated heterocycles. The molecule has 1 aliphatic heterocycles. The molecule has 6 rings (SSSR count). The van der Waals surface area contributed by atoms with Crippen LogP contribution in [0.2, 0.25) is 0 Å². The molecule has 4 heteroatoms. The summed E-state index contributed by atoms with van der Waals surface area (Å²) in [4.78, 5) is 11.6. The summed E-state index contributed by atoms with van der Waals surface area (Å²) in [5, 5.41) is 9.56. The second-order valence-corrected chi connectivity index (χ2v) is 8.56. The molecule has 0 radical (unpaired) electrons. The van der Waals surface area contributed by atoms with Crippen molar-refractivity contribution in [2.45, 2.75) is 12.8 Å². The Hall–Kier alpha value is -2.23. The van der Waals surface area contributed by atoms with Crippen LogP contribution in [0.4, 0.5) is 0 Å². The highest BCUT2D eigenvalue weighted by Gasteiger charge is 2.62. The summed E-state index contributed by atoms with van der Waals surface area (Å²) in [6, 6.07) is 6.32. The second-order valence-electron chi connectivity index (χ2n) is 8.56. The summed E-state index contributed by atoms with van der Waals surface area (Å²) in [6.45, 7) is 0.320. The van der Waals surface area contributed by atoms with Gasteiger partial charge in [-0.1, -0.05) is 30.4 Å². The van der Waals surface area contributed by atoms with E-state index in [1.54, 1.807) is 0 Å². The maximum atomic E-state index is 11.6. The molecule has 1 aromatic carbocycles. The third-order valence-electron chi connectivity index (χ3n) is 7.64. The van der Waals surface area contributed by atoms with Crippen molar-refractivity contribution in [2.24, 2.45) is 47.3 Å². The van der Waals surface area contributed by atoms with Gasteiger partial charge in [0.2, 0.25) is 6.79 Å². The van der Waals surface area contributed by atoms with Gasteiger partial charge in [0.15, 0.2) is 11.5 Å². The number of carboxylic acids is 1. The summed E-state index contributed by atoms with van der Waals surface area (Å²) < 4.78 is 11.0. The third-order valence-corrected chi connectivity index (χ3v) is 7.64. The minimum Gasteiger partial charge on any atom is -0.481 e. The zero-order valence-electron chi connectivity index (χ0n) is 14.5. The largest absolute Gasteiger partial charge is 0.481 e. The van der Waals surface area contributed by atoms with Crippen molar-refractivity contribution < 1.29 is 19.4 Å². The first-order valence-corrected chi connectivity index (χ1v) is 9.69. The van der Waals surface area contributed by atoms with E-state index in [1.165, 1.54) is 12.0 Å². The molecule has 0 spiro atoms. The maximum Gasteiger partial charge on any atom is 0.310 e. The first-order valence-electron chi connectivity index (χ1n) is 9.69. The third kappa shape index (κ3) is 1.88. The molecular weight excluding hydrogens is 328 g/mol. The lowest BCUT2D eigenvalue weighted by atomic mass is 9.50. The molecule has 1 N–H and O–H groups in total. The van der Waals surface area contributed by atoms with E-state index in [0.717, 1.165) is 23.8 Å². The number of hydrogen-bond acceptors (Lipinski definition) is 3. The van der Waals surface area contributed by atoms with Crippen LogP contribution >= 0.6 is 0 Å². The number of rotatable bonds is 3. The Labute approximate surface area is 152 Å². The quantitative estimate of drug-likeness (QED) is 0.848. The van der Waals surface area contributed by atoms with E-state index in [1.807, 2.05) is 12.1 Å². The van der Waals surface area contributed by atoms with Crippen LogP contribution in [0, 0.1) is 47.3 Å². The van der Waals surface area contributed by atoms with Crippen LogP contribution in [-0.2, 0) is 11.2 Å². The minimum atomic E-state index is -0.674. The number of ether oxygens (including phenoxy) is 2. The molecule has 26 heavy (non-hydrogen) atoms. The monoisotopic (exact) mass is 350 g/mol. The van der Waals surface area contributed by atoms with E-state index < -0.39 is 5.97 Å². The molecule has 1 aromatic rings. The average Bonchev–Trinajstić information content (AvgIpc) is 3.23. The molecule has 4 aliphatic carbocycles. The highest BCUT2D eigenvalue weighted by molar-refractivity contribution is 5.73. The van der Waals surface area contributed by atoms with E-state index in [0.29, 0.717) is 36.4 Å². The fourth-order valence-electron chi connectivity index (χ4n) is 6.66. The number of aliphatic carboxylic acids is 1. The highest BCUT2D eigenvalue weighted by Crippen LogP contribution is 2.67. The normalized spacial score (nSPS) is 43.1. The highest BCUT2D eigenvalue weighted by atomic mass is 16.7. The lowest BCUT2D eigenvalue weighted by Gasteiger charge is -2.54. The number of carboxylic acid groups (broad SMARTS) is 1. The van der Waals surface area contributed by atoms with Crippen molar-refractivity contribution in [3.05, 3.63) is 48.1 Å². The molecule has 2 fully saturated rings. The van der Waals surface area contributed by atoms with Crippen molar-refractivity contribution in [3.8, 4) is 11.5 Å². The van der Waals surface area contributed by atoms with Gasteiger partial charge in [0.05, 0.1) is 5.92 Å². The van der Waals surface area contributed by atoms with Crippen LogP contribution in [0.5, 0.6) is 11.5 Å². The Bertz CT molecular complexity index is 841. The van der Waals surface area contributed by atoms with E-state index >= 15 is 0 Å². The molecule has 0 bridgehead atoms. The molecule has 1 heterocycles. The first-order chi connectivity index (χ1) is 12.7. The van der Waals surface area contributed by atoms with Gasteiger partial charge in [-0.3, -0.25) is 4.79 Å². The Morgan fingerprint density at radius 3 is 2.77 bits per heavy atom. The fraction of sp³-hybridized carbons (Fsp3) is 0.500. The maximum absolute atomic E-state index is 11.6. The second kappa shape index (κ2) is 5.15. The lowest BCUT2D eigenvalue weighted by molar-refractivity contribution is -0.143. The molecule has 0 amide bonds. The Morgan fingerprint density at radius 1 is 1.04 bits per heavy atom. The van der Waals surface area contributed by atoms with Crippen molar-refractivity contribution >= 4 is 5.97 Å². The lowest BCUT2D eigenvalue weighted by Crippen LogP contribution is -2.51. The fourth-order valence-corrected chi connectivity index (χ4v) is 6.66. The van der Waals surface area contributed by atoms with Crippen molar-refractivity contribution in [1.29, 1.82) is 0 Å². The van der Waals surface area contributed by atoms with Gasteiger partial charge in [-0.2, -0.15) is 0 Å². The molecule has 0 aromatic heterocycles.